The zero-order valence-electron chi connectivity index (χ0n) is 12.5. The van der Waals surface area contributed by atoms with E-state index >= 15 is 0 Å². The maximum absolute atomic E-state index is 11.2. The first-order chi connectivity index (χ1) is 10.3. The van der Waals surface area contributed by atoms with Crippen LogP contribution in [-0.4, -0.2) is 28.3 Å². The van der Waals surface area contributed by atoms with Crippen molar-refractivity contribution in [2.75, 3.05) is 18.5 Å². The molecule has 0 aliphatic carbocycles. The van der Waals surface area contributed by atoms with Crippen LogP contribution in [0.4, 0.5) is 11.4 Å². The van der Waals surface area contributed by atoms with Gasteiger partial charge >= 0.3 is 5.69 Å². The van der Waals surface area contributed by atoms with Gasteiger partial charge in [-0.1, -0.05) is 0 Å². The van der Waals surface area contributed by atoms with Crippen LogP contribution in [0.1, 0.15) is 20.8 Å². The Bertz CT molecular complexity index is 516. The summed E-state index contributed by atoms with van der Waals surface area (Å²) in [5.74, 6) is 0. The molecule has 0 saturated carbocycles. The lowest BCUT2D eigenvalue weighted by Crippen LogP contribution is -2.21. The number of hydrogen-bond donors (Lipinski definition) is 0. The summed E-state index contributed by atoms with van der Waals surface area (Å²) in [5, 5.41) is 22.6. The largest absolute Gasteiger partial charge is 0.544 e. The Morgan fingerprint density at radius 1 is 1.00 bits per heavy atom. The van der Waals surface area contributed by atoms with Gasteiger partial charge in [0.25, 0.3) is 5.69 Å². The SMILES string of the molecule is CC[P+](CC)(CC)c1ccc([N+](=O)[O-])cc1[N+](=O)[O-].[O-][Cl+][O-]. The van der Waals surface area contributed by atoms with E-state index < -0.39 is 28.4 Å². The van der Waals surface area contributed by atoms with Crippen LogP contribution in [0.15, 0.2) is 18.2 Å². The van der Waals surface area contributed by atoms with Crippen molar-refractivity contribution in [1.82, 2.24) is 0 Å². The number of hydrogen-bond acceptors (Lipinski definition) is 6. The average molecular weight is 353 g/mol. The highest BCUT2D eigenvalue weighted by atomic mass is 35.6. The molecule has 0 unspecified atom stereocenters. The van der Waals surface area contributed by atoms with Crippen molar-refractivity contribution in [3.8, 4) is 0 Å². The number of nitrogens with zero attached hydrogens (tertiary/aromatic N) is 2. The van der Waals surface area contributed by atoms with E-state index in [9.17, 15) is 20.2 Å². The minimum absolute atomic E-state index is 0.104. The van der Waals surface area contributed by atoms with E-state index in [-0.39, 0.29) is 11.4 Å². The standard InChI is InChI=1S/C12H18N2O4P.ClO2/c1-4-19(5-2,6-3)12-8-7-10(13(15)16)9-11(12)14(17)18;2-1-3/h7-9H,4-6H2,1-3H3;/q+1;-1. The highest BCUT2D eigenvalue weighted by Gasteiger charge is 2.41. The summed E-state index contributed by atoms with van der Waals surface area (Å²) in [6.45, 7) is 6.10. The van der Waals surface area contributed by atoms with Gasteiger partial charge in [0.2, 0.25) is 0 Å². The molecule has 1 aromatic rings. The molecule has 22 heavy (non-hydrogen) atoms. The van der Waals surface area contributed by atoms with E-state index in [1.807, 2.05) is 20.8 Å². The Kier molecular flexibility index (Phi) is 9.04. The maximum Gasteiger partial charge on any atom is 0.317 e. The summed E-state index contributed by atoms with van der Waals surface area (Å²) < 4.78 is 16.5. The summed E-state index contributed by atoms with van der Waals surface area (Å²) in [5.41, 5.74) is -0.329. The van der Waals surface area contributed by atoms with Crippen LogP contribution in [0, 0.1) is 31.6 Å². The van der Waals surface area contributed by atoms with Crippen molar-refractivity contribution in [3.63, 3.8) is 0 Å². The molecule has 0 radical (unpaired) electrons. The third-order valence-corrected chi connectivity index (χ3v) is 8.73. The van der Waals surface area contributed by atoms with Crippen LogP contribution in [-0.2, 0) is 0 Å². The van der Waals surface area contributed by atoms with Crippen molar-refractivity contribution in [2.45, 2.75) is 20.8 Å². The van der Waals surface area contributed by atoms with Crippen LogP contribution < -0.4 is 14.6 Å². The third-order valence-electron chi connectivity index (χ3n) is 3.69. The first-order valence-corrected chi connectivity index (χ1v) is 9.48. The second-order valence-corrected chi connectivity index (χ2v) is 9.14. The molecular formula is C12H18ClN2O6P. The molecule has 0 atom stereocenters. The van der Waals surface area contributed by atoms with Crippen molar-refractivity contribution >= 4 is 23.9 Å². The normalized spacial score (nSPS) is 10.6. The molecule has 10 heteroatoms. The molecule has 8 nitrogen and oxygen atoms in total. The zero-order valence-corrected chi connectivity index (χ0v) is 14.2. The molecule has 0 aliphatic rings. The monoisotopic (exact) mass is 352 g/mol. The van der Waals surface area contributed by atoms with Gasteiger partial charge in [-0.2, -0.15) is 0 Å². The minimum Gasteiger partial charge on any atom is -0.544 e. The Hall–Kier alpha value is -1.34. The molecule has 0 amide bonds. The second-order valence-electron chi connectivity index (χ2n) is 4.34. The Balaban J connectivity index is 0.00000135. The Morgan fingerprint density at radius 2 is 1.45 bits per heavy atom. The number of rotatable bonds is 6. The quantitative estimate of drug-likeness (QED) is 0.423. The molecule has 0 bridgehead atoms. The highest BCUT2D eigenvalue weighted by Crippen LogP contribution is 2.58. The zero-order chi connectivity index (χ0) is 17.3. The van der Waals surface area contributed by atoms with Gasteiger partial charge in [0.15, 0.2) is 5.30 Å². The van der Waals surface area contributed by atoms with Gasteiger partial charge in [-0.15, -0.1) is 0 Å². The topological polar surface area (TPSA) is 132 Å². The molecule has 1 aromatic carbocycles. The first kappa shape index (κ1) is 20.7. The second kappa shape index (κ2) is 9.63. The summed E-state index contributed by atoms with van der Waals surface area (Å²) in [6, 6.07) is 4.05. The number of nitro benzene ring substituents is 2. The van der Waals surface area contributed by atoms with Gasteiger partial charge in [-0.25, -0.2) is 0 Å². The van der Waals surface area contributed by atoms with Gasteiger partial charge in [-0.05, 0) is 26.8 Å². The first-order valence-electron chi connectivity index (χ1n) is 6.52. The fraction of sp³-hybridized carbons (Fsp3) is 0.500. The van der Waals surface area contributed by atoms with Gasteiger partial charge in [-0.3, -0.25) is 20.2 Å². The minimum atomic E-state index is -1.60. The van der Waals surface area contributed by atoms with Gasteiger partial charge in [0.1, 0.15) is 0 Å². The van der Waals surface area contributed by atoms with E-state index in [1.165, 1.54) is 6.07 Å². The Morgan fingerprint density at radius 3 is 1.77 bits per heavy atom. The molecule has 0 spiro atoms. The smallest absolute Gasteiger partial charge is 0.317 e. The Labute approximate surface area is 132 Å². The highest BCUT2D eigenvalue weighted by molar-refractivity contribution is 7.83. The third kappa shape index (κ3) is 4.84. The maximum atomic E-state index is 11.2. The van der Waals surface area contributed by atoms with Gasteiger partial charge in [0, 0.05) is 6.07 Å². The lowest BCUT2D eigenvalue weighted by atomic mass is 10.3. The molecule has 0 heterocycles. The van der Waals surface area contributed by atoms with Gasteiger partial charge < -0.3 is 9.32 Å². The molecule has 1 rings (SSSR count). The van der Waals surface area contributed by atoms with E-state index in [1.54, 1.807) is 6.07 Å². The summed E-state index contributed by atoms with van der Waals surface area (Å²) in [7, 11) is -1.60. The number of nitro groups is 2. The molecule has 0 saturated heterocycles. The van der Waals surface area contributed by atoms with E-state index in [0.29, 0.717) is 5.30 Å². The molecule has 124 valence electrons. The lowest BCUT2D eigenvalue weighted by Gasteiger charge is -2.22. The van der Waals surface area contributed by atoms with Crippen molar-refractivity contribution in [3.05, 3.63) is 38.4 Å². The molecule has 0 fully saturated rings. The van der Waals surface area contributed by atoms with Crippen LogP contribution in [0.25, 0.3) is 0 Å². The van der Waals surface area contributed by atoms with Gasteiger partial charge in [0.05, 0.1) is 53.0 Å². The number of halogens is 1. The molecule has 0 aliphatic heterocycles. The van der Waals surface area contributed by atoms with Crippen molar-refractivity contribution in [2.24, 2.45) is 0 Å². The van der Waals surface area contributed by atoms with E-state index in [2.05, 4.69) is 0 Å². The summed E-state index contributed by atoms with van der Waals surface area (Å²) in [6.07, 6.45) is 2.62. The predicted molar refractivity (Wildman–Crippen MR) is 77.9 cm³/mol. The molecule has 0 aromatic heterocycles. The van der Waals surface area contributed by atoms with Crippen LogP contribution >= 0.6 is 7.26 Å². The molecular weight excluding hydrogens is 335 g/mol. The van der Waals surface area contributed by atoms with Crippen molar-refractivity contribution < 1.29 is 30.5 Å². The van der Waals surface area contributed by atoms with Crippen LogP contribution in [0.5, 0.6) is 0 Å². The summed E-state index contributed by atoms with van der Waals surface area (Å²) >= 11 is -0.417. The van der Waals surface area contributed by atoms with Crippen molar-refractivity contribution in [1.29, 1.82) is 0 Å². The number of benzene rings is 1. The lowest BCUT2D eigenvalue weighted by molar-refractivity contribution is -1.41. The summed E-state index contributed by atoms with van der Waals surface area (Å²) in [4.78, 5) is 20.8. The fourth-order valence-electron chi connectivity index (χ4n) is 2.35. The molecule has 0 N–H and O–H groups in total. The predicted octanol–water partition coefficient (Wildman–Crippen LogP) is 0.828. The van der Waals surface area contributed by atoms with E-state index in [4.69, 9.17) is 9.32 Å². The number of non-ortho nitro benzene ring substituents is 1. The fourth-order valence-corrected chi connectivity index (χ4v) is 5.74. The van der Waals surface area contributed by atoms with Crippen LogP contribution in [0.2, 0.25) is 0 Å². The van der Waals surface area contributed by atoms with Crippen LogP contribution in [0.3, 0.4) is 0 Å². The van der Waals surface area contributed by atoms with E-state index in [0.717, 1.165) is 24.6 Å². The average Bonchev–Trinajstić information content (AvgIpc) is 2.50.